The summed E-state index contributed by atoms with van der Waals surface area (Å²) in [4.78, 5) is 13.9. The van der Waals surface area contributed by atoms with Crippen LogP contribution < -0.4 is 11.1 Å². The van der Waals surface area contributed by atoms with E-state index >= 15 is 0 Å². The Balaban J connectivity index is 2.12. The van der Waals surface area contributed by atoms with Crippen molar-refractivity contribution in [2.45, 2.75) is 24.3 Å². The van der Waals surface area contributed by atoms with Crippen LogP contribution in [0.3, 0.4) is 0 Å². The van der Waals surface area contributed by atoms with Crippen LogP contribution in [-0.4, -0.2) is 32.8 Å². The summed E-state index contributed by atoms with van der Waals surface area (Å²) < 4.78 is 20.2. The summed E-state index contributed by atoms with van der Waals surface area (Å²) in [6.07, 6.45) is 2.06. The molecule has 1 unspecified atom stereocenters. The number of nitrogens with two attached hydrogens (primary N) is 1. The summed E-state index contributed by atoms with van der Waals surface area (Å²) in [6, 6.07) is 4.62. The summed E-state index contributed by atoms with van der Waals surface area (Å²) in [6.45, 7) is 1.69. The van der Waals surface area contributed by atoms with Gasteiger partial charge in [0.1, 0.15) is 0 Å². The standard InChI is InChI=1S/C12H17N3O3S/c13-8-9-7-10(3-4-11(9)19(17)18)14-12(16)15-5-1-2-6-15/h3-4,7H,1-2,5-6,8,13H2,(H,14,16)(H,17,18). The first-order valence-electron chi connectivity index (χ1n) is 6.11. The minimum atomic E-state index is -2.07. The Morgan fingerprint density at radius 1 is 1.42 bits per heavy atom. The Kier molecular flexibility index (Phi) is 4.52. The van der Waals surface area contributed by atoms with Crippen LogP contribution in [0.25, 0.3) is 0 Å². The third kappa shape index (κ3) is 3.31. The Morgan fingerprint density at radius 2 is 2.11 bits per heavy atom. The molecule has 104 valence electrons. The number of amides is 2. The number of hydrogen-bond donors (Lipinski definition) is 3. The van der Waals surface area contributed by atoms with Crippen LogP contribution in [0.1, 0.15) is 18.4 Å². The molecule has 1 aromatic rings. The minimum Gasteiger partial charge on any atom is -0.326 e. The van der Waals surface area contributed by atoms with Gasteiger partial charge in [0.2, 0.25) is 0 Å². The smallest absolute Gasteiger partial charge is 0.321 e. The van der Waals surface area contributed by atoms with Gasteiger partial charge in [-0.05, 0) is 36.6 Å². The predicted molar refractivity (Wildman–Crippen MR) is 73.2 cm³/mol. The number of carbonyl (C=O) groups is 1. The average Bonchev–Trinajstić information content (AvgIpc) is 2.92. The summed E-state index contributed by atoms with van der Waals surface area (Å²) in [7, 11) is 0. The van der Waals surface area contributed by atoms with E-state index in [-0.39, 0.29) is 17.5 Å². The summed E-state index contributed by atoms with van der Waals surface area (Å²) in [5.41, 5.74) is 6.69. The molecule has 4 N–H and O–H groups in total. The summed E-state index contributed by atoms with van der Waals surface area (Å²) >= 11 is -2.07. The van der Waals surface area contributed by atoms with E-state index in [1.165, 1.54) is 6.07 Å². The molecule has 1 atom stereocenters. The fraction of sp³-hybridized carbons (Fsp3) is 0.417. The first-order valence-corrected chi connectivity index (χ1v) is 7.22. The zero-order valence-electron chi connectivity index (χ0n) is 10.5. The van der Waals surface area contributed by atoms with Crippen LogP contribution in [0.2, 0.25) is 0 Å². The first-order chi connectivity index (χ1) is 9.11. The predicted octanol–water partition coefficient (Wildman–Crippen LogP) is 1.35. The molecule has 6 nitrogen and oxygen atoms in total. The van der Waals surface area contributed by atoms with E-state index in [2.05, 4.69) is 5.32 Å². The largest absolute Gasteiger partial charge is 0.326 e. The van der Waals surface area contributed by atoms with Crippen LogP contribution >= 0.6 is 0 Å². The number of hydrogen-bond acceptors (Lipinski definition) is 3. The number of carbonyl (C=O) groups excluding carboxylic acids is 1. The third-order valence-corrected chi connectivity index (χ3v) is 3.89. The first kappa shape index (κ1) is 14.0. The third-order valence-electron chi connectivity index (χ3n) is 3.11. The molecule has 1 aliphatic heterocycles. The molecule has 1 saturated heterocycles. The van der Waals surface area contributed by atoms with Crippen molar-refractivity contribution in [1.82, 2.24) is 4.90 Å². The molecule has 0 saturated carbocycles. The number of nitrogens with one attached hydrogen (secondary N) is 1. The molecule has 2 amide bonds. The van der Waals surface area contributed by atoms with Gasteiger partial charge in [-0.2, -0.15) is 0 Å². The van der Waals surface area contributed by atoms with E-state index in [0.29, 0.717) is 11.3 Å². The van der Waals surface area contributed by atoms with Crippen LogP contribution in [-0.2, 0) is 17.6 Å². The Labute approximate surface area is 114 Å². The lowest BCUT2D eigenvalue weighted by molar-refractivity contribution is 0.222. The maximum atomic E-state index is 11.9. The second-order valence-electron chi connectivity index (χ2n) is 4.40. The van der Waals surface area contributed by atoms with Crippen molar-refractivity contribution >= 4 is 22.8 Å². The van der Waals surface area contributed by atoms with Gasteiger partial charge in [0, 0.05) is 25.3 Å². The molecule has 0 radical (unpaired) electrons. The zero-order valence-corrected chi connectivity index (χ0v) is 11.3. The Hall–Kier alpha value is -1.44. The van der Waals surface area contributed by atoms with Gasteiger partial charge in [-0.15, -0.1) is 0 Å². The highest BCUT2D eigenvalue weighted by Gasteiger charge is 2.18. The van der Waals surface area contributed by atoms with Crippen molar-refractivity contribution in [1.29, 1.82) is 0 Å². The lowest BCUT2D eigenvalue weighted by Gasteiger charge is -2.17. The highest BCUT2D eigenvalue weighted by molar-refractivity contribution is 7.79. The van der Waals surface area contributed by atoms with Gasteiger partial charge in [0.15, 0.2) is 11.1 Å². The van der Waals surface area contributed by atoms with Crippen LogP contribution in [0.15, 0.2) is 23.1 Å². The molecule has 0 bridgehead atoms. The fourth-order valence-corrected chi connectivity index (χ4v) is 2.66. The molecule has 0 spiro atoms. The highest BCUT2D eigenvalue weighted by atomic mass is 32.2. The van der Waals surface area contributed by atoms with Crippen molar-refractivity contribution < 1.29 is 13.6 Å². The molecular formula is C12H17N3O3S. The van der Waals surface area contributed by atoms with Crippen LogP contribution in [0.5, 0.6) is 0 Å². The Morgan fingerprint density at radius 3 is 2.68 bits per heavy atom. The van der Waals surface area contributed by atoms with Gasteiger partial charge in [-0.1, -0.05) is 0 Å². The quantitative estimate of drug-likeness (QED) is 0.730. The van der Waals surface area contributed by atoms with Crippen LogP contribution in [0.4, 0.5) is 10.5 Å². The molecule has 0 aliphatic carbocycles. The van der Waals surface area contributed by atoms with E-state index in [1.54, 1.807) is 17.0 Å². The SMILES string of the molecule is NCc1cc(NC(=O)N2CCCC2)ccc1S(=O)O. The van der Waals surface area contributed by atoms with E-state index in [1.807, 2.05) is 0 Å². The van der Waals surface area contributed by atoms with Crippen LogP contribution in [0, 0.1) is 0 Å². The normalized spacial score (nSPS) is 16.4. The number of urea groups is 1. The zero-order chi connectivity index (χ0) is 13.8. The minimum absolute atomic E-state index is 0.140. The maximum Gasteiger partial charge on any atom is 0.321 e. The average molecular weight is 283 g/mol. The van der Waals surface area contributed by atoms with E-state index in [9.17, 15) is 9.00 Å². The Bertz CT molecular complexity index is 501. The van der Waals surface area contributed by atoms with Gasteiger partial charge < -0.3 is 20.5 Å². The molecule has 1 fully saturated rings. The van der Waals surface area contributed by atoms with Crippen molar-refractivity contribution in [2.24, 2.45) is 5.73 Å². The highest BCUT2D eigenvalue weighted by Crippen LogP contribution is 2.19. The van der Waals surface area contributed by atoms with E-state index < -0.39 is 11.1 Å². The molecular weight excluding hydrogens is 266 g/mol. The van der Waals surface area contributed by atoms with E-state index in [4.69, 9.17) is 10.3 Å². The molecule has 1 aromatic carbocycles. The molecule has 7 heteroatoms. The number of nitrogens with zero attached hydrogens (tertiary/aromatic N) is 1. The lowest BCUT2D eigenvalue weighted by atomic mass is 10.2. The van der Waals surface area contributed by atoms with Gasteiger partial charge in [0.05, 0.1) is 4.90 Å². The fourth-order valence-electron chi connectivity index (χ4n) is 2.11. The summed E-state index contributed by atoms with van der Waals surface area (Å²) in [5, 5.41) is 2.78. The lowest BCUT2D eigenvalue weighted by Crippen LogP contribution is -2.32. The maximum absolute atomic E-state index is 11.9. The number of rotatable bonds is 3. The second kappa shape index (κ2) is 6.14. The molecule has 0 aromatic heterocycles. The van der Waals surface area contributed by atoms with Gasteiger partial charge >= 0.3 is 6.03 Å². The van der Waals surface area contributed by atoms with Crippen molar-refractivity contribution in [3.05, 3.63) is 23.8 Å². The molecule has 19 heavy (non-hydrogen) atoms. The molecule has 2 rings (SSSR count). The number of likely N-dealkylation sites (tertiary alicyclic amines) is 1. The number of benzene rings is 1. The van der Waals surface area contributed by atoms with Crippen molar-refractivity contribution in [2.75, 3.05) is 18.4 Å². The monoisotopic (exact) mass is 283 g/mol. The van der Waals surface area contributed by atoms with Crippen molar-refractivity contribution in [3.63, 3.8) is 0 Å². The number of anilines is 1. The topological polar surface area (TPSA) is 95.7 Å². The van der Waals surface area contributed by atoms with Gasteiger partial charge in [-0.25, -0.2) is 9.00 Å². The summed E-state index contributed by atoms with van der Waals surface area (Å²) in [5.74, 6) is 0. The van der Waals surface area contributed by atoms with E-state index in [0.717, 1.165) is 25.9 Å². The van der Waals surface area contributed by atoms with Gasteiger partial charge in [-0.3, -0.25) is 0 Å². The molecule has 1 aliphatic rings. The van der Waals surface area contributed by atoms with Gasteiger partial charge in [0.25, 0.3) is 0 Å². The molecule has 1 heterocycles. The second-order valence-corrected chi connectivity index (χ2v) is 5.34. The van der Waals surface area contributed by atoms with Crippen molar-refractivity contribution in [3.8, 4) is 0 Å².